The molecule has 0 saturated carbocycles. The van der Waals surface area contributed by atoms with Gasteiger partial charge in [0, 0.05) is 6.92 Å². The summed E-state index contributed by atoms with van der Waals surface area (Å²) in [4.78, 5) is 26.6. The number of aliphatic hydroxyl groups is 1. The molecule has 24 heavy (non-hydrogen) atoms. The summed E-state index contributed by atoms with van der Waals surface area (Å²) < 4.78 is 0. The third kappa shape index (κ3) is 2.65. The lowest BCUT2D eigenvalue weighted by molar-refractivity contribution is -0.163. The van der Waals surface area contributed by atoms with Crippen LogP contribution in [0, 0.1) is 11.3 Å². The van der Waals surface area contributed by atoms with Gasteiger partial charge in [0.15, 0.2) is 0 Å². The van der Waals surface area contributed by atoms with Crippen LogP contribution in [0.4, 0.5) is 0 Å². The molecule has 126 valence electrons. The highest BCUT2D eigenvalue weighted by Gasteiger charge is 2.52. The van der Waals surface area contributed by atoms with Crippen molar-refractivity contribution in [2.24, 2.45) is 0 Å². The zero-order valence-corrected chi connectivity index (χ0v) is 13.7. The smallest absolute Gasteiger partial charge is 0.253 e. The standard InChI is InChI=1S/C18H21N3O3/c1-13(22)20-18(8-4-6-14-5-2-3-7-15(14)18)16(23)21-11-17(24,12-21)9-10-19/h2-3,5,7,24H,4,6,8-9,11-12H2,1H3,(H,20,22). The minimum Gasteiger partial charge on any atom is -0.385 e. The molecule has 2 N–H and O–H groups in total. The van der Waals surface area contributed by atoms with E-state index >= 15 is 0 Å². The van der Waals surface area contributed by atoms with E-state index in [-0.39, 0.29) is 31.3 Å². The number of nitrogens with one attached hydrogen (secondary N) is 1. The van der Waals surface area contributed by atoms with E-state index in [4.69, 9.17) is 5.26 Å². The van der Waals surface area contributed by atoms with Crippen LogP contribution in [0.2, 0.25) is 0 Å². The Hall–Kier alpha value is -2.39. The molecule has 1 fully saturated rings. The molecule has 6 nitrogen and oxygen atoms in total. The van der Waals surface area contributed by atoms with E-state index in [1.165, 1.54) is 11.8 Å². The number of β-amino-alcohol motifs (C(OH)–C–C–N with tert-alkyl or cyclic N) is 1. The maximum Gasteiger partial charge on any atom is 0.253 e. The maximum atomic E-state index is 13.2. The number of benzene rings is 1. The van der Waals surface area contributed by atoms with Gasteiger partial charge in [0.1, 0.15) is 11.1 Å². The van der Waals surface area contributed by atoms with Crippen LogP contribution in [0.5, 0.6) is 0 Å². The molecular formula is C18H21N3O3. The minimum absolute atomic E-state index is 0.000500. The molecule has 1 aromatic rings. The quantitative estimate of drug-likeness (QED) is 0.860. The molecule has 0 bridgehead atoms. The van der Waals surface area contributed by atoms with E-state index < -0.39 is 11.1 Å². The highest BCUT2D eigenvalue weighted by Crippen LogP contribution is 2.39. The first-order valence-corrected chi connectivity index (χ1v) is 8.16. The summed E-state index contributed by atoms with van der Waals surface area (Å²) in [6.45, 7) is 1.67. The highest BCUT2D eigenvalue weighted by molar-refractivity contribution is 5.93. The number of nitriles is 1. The lowest BCUT2D eigenvalue weighted by atomic mass is 9.74. The van der Waals surface area contributed by atoms with Crippen molar-refractivity contribution in [2.45, 2.75) is 43.7 Å². The highest BCUT2D eigenvalue weighted by atomic mass is 16.3. The fourth-order valence-corrected chi connectivity index (χ4v) is 3.88. The molecule has 0 radical (unpaired) electrons. The topological polar surface area (TPSA) is 93.4 Å². The van der Waals surface area contributed by atoms with E-state index in [1.54, 1.807) is 0 Å². The first-order chi connectivity index (χ1) is 11.4. The van der Waals surface area contributed by atoms with Crippen molar-refractivity contribution in [1.29, 1.82) is 5.26 Å². The van der Waals surface area contributed by atoms with Gasteiger partial charge in [-0.15, -0.1) is 0 Å². The van der Waals surface area contributed by atoms with E-state index in [9.17, 15) is 14.7 Å². The molecule has 1 saturated heterocycles. The molecule has 2 aliphatic rings. The summed E-state index contributed by atoms with van der Waals surface area (Å²) in [5.74, 6) is -0.458. The molecule has 1 aromatic carbocycles. The van der Waals surface area contributed by atoms with E-state index in [0.717, 1.165) is 24.0 Å². The second-order valence-electron chi connectivity index (χ2n) is 6.82. The zero-order valence-electron chi connectivity index (χ0n) is 13.7. The number of nitrogens with zero attached hydrogens (tertiary/aromatic N) is 2. The number of fused-ring (bicyclic) bond motifs is 1. The zero-order chi connectivity index (χ0) is 17.4. The van der Waals surface area contributed by atoms with Crippen LogP contribution in [-0.2, 0) is 21.5 Å². The third-order valence-electron chi connectivity index (χ3n) is 4.90. The number of aryl methyl sites for hydroxylation is 1. The van der Waals surface area contributed by atoms with Gasteiger partial charge in [-0.1, -0.05) is 24.3 Å². The fraction of sp³-hybridized carbons (Fsp3) is 0.500. The van der Waals surface area contributed by atoms with E-state index in [1.807, 2.05) is 30.3 Å². The third-order valence-corrected chi connectivity index (χ3v) is 4.90. The molecule has 3 rings (SSSR count). The number of hydrogen-bond donors (Lipinski definition) is 2. The number of carbonyl (C=O) groups excluding carboxylic acids is 2. The number of likely N-dealkylation sites (tertiary alicyclic amines) is 1. The average molecular weight is 327 g/mol. The monoisotopic (exact) mass is 327 g/mol. The van der Waals surface area contributed by atoms with Crippen molar-refractivity contribution in [3.8, 4) is 6.07 Å². The predicted molar refractivity (Wildman–Crippen MR) is 86.6 cm³/mol. The van der Waals surface area contributed by atoms with Gasteiger partial charge in [-0.25, -0.2) is 0 Å². The first kappa shape index (κ1) is 16.5. The Morgan fingerprint density at radius 1 is 1.38 bits per heavy atom. The van der Waals surface area contributed by atoms with Crippen molar-refractivity contribution in [1.82, 2.24) is 10.2 Å². The summed E-state index contributed by atoms with van der Waals surface area (Å²) in [6.07, 6.45) is 2.22. The lowest BCUT2D eigenvalue weighted by Crippen LogP contribution is -2.69. The van der Waals surface area contributed by atoms with Crippen LogP contribution >= 0.6 is 0 Å². The summed E-state index contributed by atoms with van der Waals surface area (Å²) in [7, 11) is 0. The van der Waals surface area contributed by atoms with Crippen LogP contribution in [0.1, 0.15) is 37.3 Å². The largest absolute Gasteiger partial charge is 0.385 e. The Labute approximate surface area is 141 Å². The summed E-state index contributed by atoms with van der Waals surface area (Å²) in [6, 6.07) is 9.63. The van der Waals surface area contributed by atoms with Gasteiger partial charge in [0.05, 0.1) is 25.6 Å². The summed E-state index contributed by atoms with van der Waals surface area (Å²) >= 11 is 0. The van der Waals surface area contributed by atoms with Crippen LogP contribution < -0.4 is 5.32 Å². The molecule has 0 spiro atoms. The van der Waals surface area contributed by atoms with Gasteiger partial charge in [-0.05, 0) is 30.4 Å². The van der Waals surface area contributed by atoms with Crippen LogP contribution in [0.15, 0.2) is 24.3 Å². The van der Waals surface area contributed by atoms with Gasteiger partial charge in [0.25, 0.3) is 5.91 Å². The molecule has 1 aliphatic carbocycles. The van der Waals surface area contributed by atoms with Gasteiger partial charge in [-0.2, -0.15) is 5.26 Å². The molecule has 0 aromatic heterocycles. The Morgan fingerprint density at radius 3 is 2.75 bits per heavy atom. The second kappa shape index (κ2) is 5.91. The number of rotatable bonds is 3. The van der Waals surface area contributed by atoms with Crippen LogP contribution in [-0.4, -0.2) is 40.5 Å². The van der Waals surface area contributed by atoms with Gasteiger partial charge >= 0.3 is 0 Å². The SMILES string of the molecule is CC(=O)NC1(C(=O)N2CC(O)(CC#N)C2)CCCc2ccccc21. The maximum absolute atomic E-state index is 13.2. The van der Waals surface area contributed by atoms with Gasteiger partial charge < -0.3 is 15.3 Å². The molecule has 1 aliphatic heterocycles. The number of amides is 2. The summed E-state index contributed by atoms with van der Waals surface area (Å²) in [5.41, 5.74) is -0.296. The van der Waals surface area contributed by atoms with Crippen molar-refractivity contribution in [3.05, 3.63) is 35.4 Å². The second-order valence-corrected chi connectivity index (χ2v) is 6.82. The first-order valence-electron chi connectivity index (χ1n) is 8.16. The predicted octanol–water partition coefficient (Wildman–Crippen LogP) is 0.841. The Morgan fingerprint density at radius 2 is 2.08 bits per heavy atom. The van der Waals surface area contributed by atoms with E-state index in [0.29, 0.717) is 6.42 Å². The molecule has 6 heteroatoms. The average Bonchev–Trinajstić information content (AvgIpc) is 2.52. The lowest BCUT2D eigenvalue weighted by Gasteiger charge is -2.50. The Bertz CT molecular complexity index is 718. The van der Waals surface area contributed by atoms with Crippen molar-refractivity contribution in [2.75, 3.05) is 13.1 Å². The van der Waals surface area contributed by atoms with Gasteiger partial charge in [-0.3, -0.25) is 9.59 Å². The van der Waals surface area contributed by atoms with Crippen molar-refractivity contribution < 1.29 is 14.7 Å². The molecule has 1 atom stereocenters. The molecule has 1 unspecified atom stereocenters. The number of carbonyl (C=O) groups is 2. The van der Waals surface area contributed by atoms with Crippen LogP contribution in [0.3, 0.4) is 0 Å². The Balaban J connectivity index is 1.93. The normalized spacial score (nSPS) is 24.3. The molecule has 2 amide bonds. The van der Waals surface area contributed by atoms with E-state index in [2.05, 4.69) is 5.32 Å². The van der Waals surface area contributed by atoms with Gasteiger partial charge in [0.2, 0.25) is 5.91 Å². The van der Waals surface area contributed by atoms with Crippen molar-refractivity contribution in [3.63, 3.8) is 0 Å². The van der Waals surface area contributed by atoms with Crippen molar-refractivity contribution >= 4 is 11.8 Å². The molecule has 1 heterocycles. The molecular weight excluding hydrogens is 306 g/mol. The minimum atomic E-state index is -1.13. The Kier molecular flexibility index (Phi) is 4.06. The summed E-state index contributed by atoms with van der Waals surface area (Å²) in [5, 5.41) is 21.8. The van der Waals surface area contributed by atoms with Crippen LogP contribution in [0.25, 0.3) is 0 Å². The fourth-order valence-electron chi connectivity index (χ4n) is 3.88. The number of hydrogen-bond acceptors (Lipinski definition) is 4.